The number of morpholine rings is 1. The fourth-order valence-corrected chi connectivity index (χ4v) is 2.13. The molecule has 1 aliphatic rings. The van der Waals surface area contributed by atoms with E-state index in [4.69, 9.17) is 9.47 Å². The average Bonchev–Trinajstić information content (AvgIpc) is 2.47. The van der Waals surface area contributed by atoms with Crippen molar-refractivity contribution in [3.05, 3.63) is 30.3 Å². The van der Waals surface area contributed by atoms with Crippen molar-refractivity contribution in [2.45, 2.75) is 6.04 Å². The SMILES string of the molecule is CNCC1COCCN1C(=O)COc1ccccc1. The van der Waals surface area contributed by atoms with Gasteiger partial charge in [-0.1, -0.05) is 18.2 Å². The number of benzene rings is 1. The normalized spacial score (nSPS) is 19.2. The number of carbonyl (C=O) groups excluding carboxylic acids is 1. The molecule has 0 radical (unpaired) electrons. The minimum Gasteiger partial charge on any atom is -0.484 e. The zero-order valence-electron chi connectivity index (χ0n) is 11.2. The summed E-state index contributed by atoms with van der Waals surface area (Å²) in [6.45, 7) is 2.61. The molecule has 0 bridgehead atoms. The maximum Gasteiger partial charge on any atom is 0.260 e. The van der Waals surface area contributed by atoms with Crippen molar-refractivity contribution < 1.29 is 14.3 Å². The lowest BCUT2D eigenvalue weighted by atomic mass is 10.2. The second-order valence-corrected chi connectivity index (χ2v) is 4.48. The van der Waals surface area contributed by atoms with Gasteiger partial charge in [-0.05, 0) is 19.2 Å². The summed E-state index contributed by atoms with van der Waals surface area (Å²) in [5.41, 5.74) is 0. The first-order chi connectivity index (χ1) is 9.31. The molecule has 1 N–H and O–H groups in total. The van der Waals surface area contributed by atoms with Crippen LogP contribution in [0.25, 0.3) is 0 Å². The first kappa shape index (κ1) is 13.8. The molecule has 5 nitrogen and oxygen atoms in total. The van der Waals surface area contributed by atoms with E-state index in [1.165, 1.54) is 0 Å². The molecule has 2 rings (SSSR count). The number of nitrogens with zero attached hydrogens (tertiary/aromatic N) is 1. The fraction of sp³-hybridized carbons (Fsp3) is 0.500. The maximum absolute atomic E-state index is 12.2. The molecule has 1 amide bonds. The lowest BCUT2D eigenvalue weighted by Crippen LogP contribution is -2.53. The summed E-state index contributed by atoms with van der Waals surface area (Å²) < 4.78 is 10.9. The smallest absolute Gasteiger partial charge is 0.260 e. The molecule has 1 atom stereocenters. The number of carbonyl (C=O) groups is 1. The fourth-order valence-electron chi connectivity index (χ4n) is 2.13. The lowest BCUT2D eigenvalue weighted by Gasteiger charge is -2.35. The third-order valence-electron chi connectivity index (χ3n) is 3.09. The number of para-hydroxylation sites is 1. The highest BCUT2D eigenvalue weighted by molar-refractivity contribution is 5.78. The van der Waals surface area contributed by atoms with Crippen LogP contribution in [0.5, 0.6) is 5.75 Å². The van der Waals surface area contributed by atoms with Gasteiger partial charge in [-0.2, -0.15) is 0 Å². The Balaban J connectivity index is 1.87. The average molecular weight is 264 g/mol. The zero-order chi connectivity index (χ0) is 13.5. The van der Waals surface area contributed by atoms with Crippen LogP contribution in [0.3, 0.4) is 0 Å². The second-order valence-electron chi connectivity index (χ2n) is 4.48. The highest BCUT2D eigenvalue weighted by Crippen LogP contribution is 2.10. The number of hydrogen-bond donors (Lipinski definition) is 1. The third kappa shape index (κ3) is 3.94. The first-order valence-corrected chi connectivity index (χ1v) is 6.51. The van der Waals surface area contributed by atoms with Gasteiger partial charge in [0, 0.05) is 13.1 Å². The summed E-state index contributed by atoms with van der Waals surface area (Å²) in [7, 11) is 1.87. The summed E-state index contributed by atoms with van der Waals surface area (Å²) in [6.07, 6.45) is 0. The number of nitrogens with one attached hydrogen (secondary N) is 1. The van der Waals surface area contributed by atoms with Gasteiger partial charge in [0.1, 0.15) is 5.75 Å². The molecule has 0 aromatic heterocycles. The minimum atomic E-state index is 0.00685. The Kier molecular flexibility index (Phi) is 5.18. The van der Waals surface area contributed by atoms with Gasteiger partial charge in [0.25, 0.3) is 5.91 Å². The van der Waals surface area contributed by atoms with E-state index in [0.717, 1.165) is 6.54 Å². The van der Waals surface area contributed by atoms with E-state index in [0.29, 0.717) is 25.5 Å². The van der Waals surface area contributed by atoms with Crippen molar-refractivity contribution >= 4 is 5.91 Å². The van der Waals surface area contributed by atoms with Crippen LogP contribution in [0, 0.1) is 0 Å². The molecule has 0 spiro atoms. The van der Waals surface area contributed by atoms with Gasteiger partial charge in [0.15, 0.2) is 6.61 Å². The molecule has 1 heterocycles. The van der Waals surface area contributed by atoms with E-state index in [9.17, 15) is 4.79 Å². The standard InChI is InChI=1S/C14H20N2O3/c1-15-9-12-10-18-8-7-16(12)14(17)11-19-13-5-3-2-4-6-13/h2-6,12,15H,7-11H2,1H3. The van der Waals surface area contributed by atoms with E-state index in [2.05, 4.69) is 5.32 Å². The van der Waals surface area contributed by atoms with Crippen LogP contribution in [0.2, 0.25) is 0 Å². The topological polar surface area (TPSA) is 50.8 Å². The van der Waals surface area contributed by atoms with Gasteiger partial charge in [0.05, 0.1) is 19.3 Å². The first-order valence-electron chi connectivity index (χ1n) is 6.51. The molecular weight excluding hydrogens is 244 g/mol. The summed E-state index contributed by atoms with van der Waals surface area (Å²) in [5, 5.41) is 3.08. The zero-order valence-corrected chi connectivity index (χ0v) is 11.2. The Morgan fingerprint density at radius 1 is 1.47 bits per heavy atom. The predicted octanol–water partition coefficient (Wildman–Crippen LogP) is 0.512. The molecule has 1 aliphatic heterocycles. The number of amides is 1. The van der Waals surface area contributed by atoms with Crippen LogP contribution >= 0.6 is 0 Å². The molecule has 1 aromatic carbocycles. The van der Waals surface area contributed by atoms with Gasteiger partial charge in [-0.25, -0.2) is 0 Å². The van der Waals surface area contributed by atoms with Gasteiger partial charge in [-0.15, -0.1) is 0 Å². The van der Waals surface area contributed by atoms with E-state index < -0.39 is 0 Å². The molecule has 1 aromatic rings. The summed E-state index contributed by atoms with van der Waals surface area (Å²) in [5.74, 6) is 0.724. The molecule has 5 heteroatoms. The van der Waals surface area contributed by atoms with E-state index in [1.807, 2.05) is 42.3 Å². The number of likely N-dealkylation sites (N-methyl/N-ethyl adjacent to an activating group) is 1. The Hall–Kier alpha value is -1.59. The van der Waals surface area contributed by atoms with Crippen LogP contribution in [0.4, 0.5) is 0 Å². The molecule has 1 saturated heterocycles. The minimum absolute atomic E-state index is 0.00685. The van der Waals surface area contributed by atoms with Crippen molar-refractivity contribution in [2.75, 3.05) is 40.0 Å². The van der Waals surface area contributed by atoms with Crippen molar-refractivity contribution in [1.82, 2.24) is 10.2 Å². The lowest BCUT2D eigenvalue weighted by molar-refractivity contribution is -0.141. The van der Waals surface area contributed by atoms with Crippen LogP contribution in [-0.4, -0.2) is 56.8 Å². The van der Waals surface area contributed by atoms with Crippen molar-refractivity contribution in [3.63, 3.8) is 0 Å². The van der Waals surface area contributed by atoms with Gasteiger partial charge in [0.2, 0.25) is 0 Å². The quantitative estimate of drug-likeness (QED) is 0.842. The molecular formula is C14H20N2O3. The molecule has 1 unspecified atom stereocenters. The molecule has 1 fully saturated rings. The Labute approximate surface area is 113 Å². The van der Waals surface area contributed by atoms with E-state index >= 15 is 0 Å². The van der Waals surface area contributed by atoms with Crippen LogP contribution < -0.4 is 10.1 Å². The highest BCUT2D eigenvalue weighted by Gasteiger charge is 2.26. The maximum atomic E-state index is 12.2. The van der Waals surface area contributed by atoms with Crippen molar-refractivity contribution in [3.8, 4) is 5.75 Å². The summed E-state index contributed by atoms with van der Waals surface area (Å²) >= 11 is 0. The molecule has 0 saturated carbocycles. The Morgan fingerprint density at radius 2 is 2.26 bits per heavy atom. The Morgan fingerprint density at radius 3 is 3.00 bits per heavy atom. The second kappa shape index (κ2) is 7.11. The van der Waals surface area contributed by atoms with Gasteiger partial charge in [-0.3, -0.25) is 4.79 Å². The van der Waals surface area contributed by atoms with E-state index in [1.54, 1.807) is 0 Å². The molecule has 19 heavy (non-hydrogen) atoms. The number of hydrogen-bond acceptors (Lipinski definition) is 4. The number of rotatable bonds is 5. The van der Waals surface area contributed by atoms with Gasteiger partial charge < -0.3 is 19.7 Å². The van der Waals surface area contributed by atoms with Crippen LogP contribution in [-0.2, 0) is 9.53 Å². The van der Waals surface area contributed by atoms with Crippen LogP contribution in [0.1, 0.15) is 0 Å². The third-order valence-corrected chi connectivity index (χ3v) is 3.09. The summed E-state index contributed by atoms with van der Waals surface area (Å²) in [6, 6.07) is 9.47. The monoisotopic (exact) mass is 264 g/mol. The highest BCUT2D eigenvalue weighted by atomic mass is 16.5. The molecule has 104 valence electrons. The van der Waals surface area contributed by atoms with Gasteiger partial charge >= 0.3 is 0 Å². The van der Waals surface area contributed by atoms with Crippen LogP contribution in [0.15, 0.2) is 30.3 Å². The van der Waals surface area contributed by atoms with E-state index in [-0.39, 0.29) is 18.6 Å². The summed E-state index contributed by atoms with van der Waals surface area (Å²) in [4.78, 5) is 14.0. The van der Waals surface area contributed by atoms with Crippen molar-refractivity contribution in [1.29, 1.82) is 0 Å². The Bertz CT molecular complexity index is 395. The number of ether oxygens (including phenoxy) is 2. The largest absolute Gasteiger partial charge is 0.484 e. The van der Waals surface area contributed by atoms with Crippen molar-refractivity contribution in [2.24, 2.45) is 0 Å². The molecule has 0 aliphatic carbocycles. The predicted molar refractivity (Wildman–Crippen MR) is 72.2 cm³/mol.